The first kappa shape index (κ1) is 24.6. The number of imide groups is 2. The van der Waals surface area contributed by atoms with Crippen LogP contribution in [-0.4, -0.2) is 22.8 Å². The minimum Gasteiger partial charge on any atom is -0.487 e. The summed E-state index contributed by atoms with van der Waals surface area (Å²) in [4.78, 5) is 49.5. The van der Waals surface area contributed by atoms with Gasteiger partial charge >= 0.3 is 6.03 Å². The number of amides is 4. The molecule has 4 rings (SSSR count). The van der Waals surface area contributed by atoms with E-state index in [1.54, 1.807) is 43.3 Å². The summed E-state index contributed by atoms with van der Waals surface area (Å²) in [6, 6.07) is 15.1. The Morgan fingerprint density at radius 1 is 1.06 bits per heavy atom. The monoisotopic (exact) mass is 505 g/mol. The number of barbiturate groups is 1. The first-order chi connectivity index (χ1) is 17.2. The molecule has 182 valence electrons. The third-order valence-corrected chi connectivity index (χ3v) is 6.00. The number of benzene rings is 3. The molecule has 9 nitrogen and oxygen atoms in total. The van der Waals surface area contributed by atoms with E-state index < -0.39 is 22.8 Å². The number of carbonyl (C=O) groups excluding carboxylic acids is 3. The van der Waals surface area contributed by atoms with E-state index in [9.17, 15) is 24.5 Å². The summed E-state index contributed by atoms with van der Waals surface area (Å²) in [5.74, 6) is -1.25. The number of ether oxygens (including phenoxy) is 1. The van der Waals surface area contributed by atoms with Crippen LogP contribution in [0.1, 0.15) is 22.3 Å². The fraction of sp³-hybridized carbons (Fsp3) is 0.115. The van der Waals surface area contributed by atoms with Crippen molar-refractivity contribution in [1.29, 1.82) is 0 Å². The molecule has 3 aromatic carbocycles. The van der Waals surface area contributed by atoms with Crippen LogP contribution in [0.15, 0.2) is 66.2 Å². The normalized spacial score (nSPS) is 14.7. The lowest BCUT2D eigenvalue weighted by Gasteiger charge is -2.28. The van der Waals surface area contributed by atoms with Gasteiger partial charge in [0.15, 0.2) is 0 Å². The Kier molecular flexibility index (Phi) is 6.84. The lowest BCUT2D eigenvalue weighted by molar-refractivity contribution is -0.384. The van der Waals surface area contributed by atoms with Crippen molar-refractivity contribution in [2.45, 2.75) is 20.5 Å². The van der Waals surface area contributed by atoms with Crippen molar-refractivity contribution in [1.82, 2.24) is 5.32 Å². The third-order valence-electron chi connectivity index (χ3n) is 5.70. The van der Waals surface area contributed by atoms with E-state index >= 15 is 0 Å². The molecule has 1 aliphatic rings. The van der Waals surface area contributed by atoms with Crippen LogP contribution in [0.4, 0.5) is 16.2 Å². The quantitative estimate of drug-likeness (QED) is 0.215. The van der Waals surface area contributed by atoms with Crippen molar-refractivity contribution < 1.29 is 24.0 Å². The van der Waals surface area contributed by atoms with Crippen LogP contribution < -0.4 is 15.0 Å². The molecule has 0 spiro atoms. The van der Waals surface area contributed by atoms with E-state index in [1.807, 2.05) is 13.0 Å². The highest BCUT2D eigenvalue weighted by Crippen LogP contribution is 2.30. The van der Waals surface area contributed by atoms with Crippen LogP contribution in [0, 0.1) is 24.0 Å². The number of nitrogens with zero attached hydrogens (tertiary/aromatic N) is 2. The molecule has 1 heterocycles. The van der Waals surface area contributed by atoms with E-state index in [2.05, 4.69) is 5.32 Å². The molecule has 0 radical (unpaired) electrons. The van der Waals surface area contributed by atoms with Gasteiger partial charge in [0.1, 0.15) is 17.9 Å². The average Bonchev–Trinajstić information content (AvgIpc) is 2.84. The van der Waals surface area contributed by atoms with Gasteiger partial charge in [-0.2, -0.15) is 0 Å². The number of halogens is 1. The molecule has 4 amide bonds. The molecule has 1 N–H and O–H groups in total. The summed E-state index contributed by atoms with van der Waals surface area (Å²) < 4.78 is 5.68. The zero-order valence-corrected chi connectivity index (χ0v) is 20.0. The van der Waals surface area contributed by atoms with Gasteiger partial charge in [-0.3, -0.25) is 25.0 Å². The minimum absolute atomic E-state index is 0.0482. The zero-order chi connectivity index (χ0) is 26.0. The first-order valence-corrected chi connectivity index (χ1v) is 11.2. The standard InChI is InChI=1S/C26H20ClN3O6/c1-15-5-3-8-22(16(15)2)29-25(32)20(24(31)28-26(29)33)12-17-9-10-23(21(27)13-17)36-14-18-6-4-7-19(11-18)30(34)35/h3-13H,14H2,1-2H3,(H,28,31,33)/b20-12+. The Hall–Kier alpha value is -4.50. The fourth-order valence-corrected chi connectivity index (χ4v) is 3.91. The van der Waals surface area contributed by atoms with Crippen LogP contribution in [0.25, 0.3) is 6.08 Å². The Morgan fingerprint density at radius 3 is 2.53 bits per heavy atom. The van der Waals surface area contributed by atoms with Gasteiger partial charge in [0.25, 0.3) is 17.5 Å². The van der Waals surface area contributed by atoms with Crippen LogP contribution in [-0.2, 0) is 16.2 Å². The lowest BCUT2D eigenvalue weighted by atomic mass is 10.0. The molecule has 0 aromatic heterocycles. The predicted molar refractivity (Wildman–Crippen MR) is 134 cm³/mol. The van der Waals surface area contributed by atoms with Gasteiger partial charge in [0, 0.05) is 12.1 Å². The molecule has 0 atom stereocenters. The SMILES string of the molecule is Cc1cccc(N2C(=O)NC(=O)/C(=C\c3ccc(OCc4cccc([N+](=O)[O-])c4)c(Cl)c3)C2=O)c1C. The second kappa shape index (κ2) is 10.0. The molecule has 0 bridgehead atoms. The van der Waals surface area contributed by atoms with Gasteiger partial charge < -0.3 is 4.74 Å². The Bertz CT molecular complexity index is 1450. The number of aryl methyl sites for hydroxylation is 1. The number of nitro groups is 1. The number of non-ortho nitro benzene ring substituents is 1. The topological polar surface area (TPSA) is 119 Å². The number of nitrogens with one attached hydrogen (secondary N) is 1. The van der Waals surface area contributed by atoms with Crippen molar-refractivity contribution in [2.75, 3.05) is 4.90 Å². The van der Waals surface area contributed by atoms with Gasteiger partial charge in [0.05, 0.1) is 15.6 Å². The summed E-state index contributed by atoms with van der Waals surface area (Å²) in [6.45, 7) is 3.70. The maximum absolute atomic E-state index is 13.2. The highest BCUT2D eigenvalue weighted by molar-refractivity contribution is 6.39. The van der Waals surface area contributed by atoms with Crippen LogP contribution >= 0.6 is 11.6 Å². The highest BCUT2D eigenvalue weighted by Gasteiger charge is 2.37. The maximum atomic E-state index is 13.2. The van der Waals surface area contributed by atoms with Crippen molar-refractivity contribution >= 4 is 46.9 Å². The Labute approximate surface area is 211 Å². The number of hydrogen-bond donors (Lipinski definition) is 1. The van der Waals surface area contributed by atoms with Crippen molar-refractivity contribution in [3.8, 4) is 5.75 Å². The van der Waals surface area contributed by atoms with Crippen LogP contribution in [0.2, 0.25) is 5.02 Å². The van der Waals surface area contributed by atoms with Crippen LogP contribution in [0.3, 0.4) is 0 Å². The molecule has 10 heteroatoms. The summed E-state index contributed by atoms with van der Waals surface area (Å²) in [5.41, 5.74) is 2.78. The smallest absolute Gasteiger partial charge is 0.335 e. The van der Waals surface area contributed by atoms with Gasteiger partial charge in [-0.15, -0.1) is 0 Å². The predicted octanol–water partition coefficient (Wildman–Crippen LogP) is 5.11. The molecule has 3 aromatic rings. The Balaban J connectivity index is 1.57. The summed E-state index contributed by atoms with van der Waals surface area (Å²) >= 11 is 6.34. The maximum Gasteiger partial charge on any atom is 0.335 e. The van der Waals surface area contributed by atoms with Crippen molar-refractivity contribution in [2.24, 2.45) is 0 Å². The molecule has 0 saturated carbocycles. The minimum atomic E-state index is -0.821. The second-order valence-corrected chi connectivity index (χ2v) is 8.49. The lowest BCUT2D eigenvalue weighted by Crippen LogP contribution is -2.54. The van der Waals surface area contributed by atoms with E-state index in [0.717, 1.165) is 16.0 Å². The van der Waals surface area contributed by atoms with Gasteiger partial charge in [-0.25, -0.2) is 9.69 Å². The van der Waals surface area contributed by atoms with Crippen molar-refractivity contribution in [3.63, 3.8) is 0 Å². The van der Waals surface area contributed by atoms with Gasteiger partial charge in [-0.05, 0) is 60.4 Å². The van der Waals surface area contributed by atoms with E-state index in [4.69, 9.17) is 16.3 Å². The zero-order valence-electron chi connectivity index (χ0n) is 19.3. The number of nitro benzene ring substituents is 1. The summed E-state index contributed by atoms with van der Waals surface area (Å²) in [5, 5.41) is 13.4. The molecule has 36 heavy (non-hydrogen) atoms. The first-order valence-electron chi connectivity index (χ1n) is 10.8. The summed E-state index contributed by atoms with van der Waals surface area (Å²) in [7, 11) is 0. The van der Waals surface area contributed by atoms with Gasteiger partial charge in [0.2, 0.25) is 0 Å². The number of anilines is 1. The van der Waals surface area contributed by atoms with Crippen molar-refractivity contribution in [3.05, 3.63) is 104 Å². The third kappa shape index (κ3) is 4.96. The number of hydrogen-bond acceptors (Lipinski definition) is 6. The Morgan fingerprint density at radius 2 is 1.81 bits per heavy atom. The van der Waals surface area contributed by atoms with E-state index in [1.165, 1.54) is 24.3 Å². The second-order valence-electron chi connectivity index (χ2n) is 8.08. The molecule has 0 unspecified atom stereocenters. The van der Waals surface area contributed by atoms with Gasteiger partial charge in [-0.1, -0.05) is 41.9 Å². The molecule has 1 aliphatic heterocycles. The number of rotatable bonds is 6. The number of urea groups is 1. The van der Waals surface area contributed by atoms with E-state index in [-0.39, 0.29) is 22.9 Å². The average molecular weight is 506 g/mol. The van der Waals surface area contributed by atoms with Crippen LogP contribution in [0.5, 0.6) is 5.75 Å². The largest absolute Gasteiger partial charge is 0.487 e. The molecule has 1 fully saturated rings. The highest BCUT2D eigenvalue weighted by atomic mass is 35.5. The molecular formula is C26H20ClN3O6. The molecule has 0 aliphatic carbocycles. The molecule has 1 saturated heterocycles. The summed E-state index contributed by atoms with van der Waals surface area (Å²) in [6.07, 6.45) is 1.35. The fourth-order valence-electron chi connectivity index (χ4n) is 3.67. The van der Waals surface area contributed by atoms with E-state index in [0.29, 0.717) is 22.6 Å². The molecular weight excluding hydrogens is 486 g/mol. The number of carbonyl (C=O) groups is 3.